The van der Waals surface area contributed by atoms with Crippen LogP contribution in [0.25, 0.3) is 0 Å². The molecule has 1 aromatic rings. The Bertz CT molecular complexity index is 589. The Hall–Kier alpha value is -2.12. The Morgan fingerprint density at radius 1 is 1.39 bits per heavy atom. The zero-order valence-electron chi connectivity index (χ0n) is 13.7. The summed E-state index contributed by atoms with van der Waals surface area (Å²) < 4.78 is 0. The van der Waals surface area contributed by atoms with Crippen LogP contribution in [-0.2, 0) is 16.0 Å². The molecule has 1 rings (SSSR count). The quantitative estimate of drug-likeness (QED) is 0.487. The number of nitrogens with one attached hydrogen (secondary N) is 1. The summed E-state index contributed by atoms with van der Waals surface area (Å²) in [5.74, 6) is -1.70. The molecule has 0 aliphatic rings. The fourth-order valence-corrected chi connectivity index (χ4v) is 2.24. The minimum atomic E-state index is -1.69. The van der Waals surface area contributed by atoms with E-state index in [-0.39, 0.29) is 18.9 Å². The van der Waals surface area contributed by atoms with Gasteiger partial charge in [0, 0.05) is 7.05 Å². The van der Waals surface area contributed by atoms with Gasteiger partial charge in [-0.25, -0.2) is 0 Å². The van der Waals surface area contributed by atoms with Crippen molar-refractivity contribution in [1.29, 1.82) is 0 Å². The van der Waals surface area contributed by atoms with Crippen LogP contribution >= 0.6 is 0 Å². The third kappa shape index (κ3) is 5.88. The summed E-state index contributed by atoms with van der Waals surface area (Å²) in [6.45, 7) is 7.08. The Balaban J connectivity index is 2.73. The summed E-state index contributed by atoms with van der Waals surface area (Å²) in [5, 5.41) is 21.6. The van der Waals surface area contributed by atoms with Crippen LogP contribution in [0.4, 0.5) is 0 Å². The Kier molecular flexibility index (Phi) is 7.00. The lowest BCUT2D eigenvalue weighted by Crippen LogP contribution is -2.50. The maximum atomic E-state index is 12.0. The third-order valence-electron chi connectivity index (χ3n) is 3.58. The third-order valence-corrected chi connectivity index (χ3v) is 3.58. The average Bonchev–Trinajstić information content (AvgIpc) is 2.47. The van der Waals surface area contributed by atoms with Crippen LogP contribution in [0.5, 0.6) is 0 Å². The van der Waals surface area contributed by atoms with E-state index in [1.54, 1.807) is 0 Å². The number of carbonyl (C=O) groups is 2. The van der Waals surface area contributed by atoms with E-state index in [2.05, 4.69) is 11.9 Å². The van der Waals surface area contributed by atoms with Crippen molar-refractivity contribution in [2.45, 2.75) is 26.2 Å². The summed E-state index contributed by atoms with van der Waals surface area (Å²) in [6, 6.07) is 5.83. The monoisotopic (exact) mass is 318 g/mol. The van der Waals surface area contributed by atoms with Crippen LogP contribution in [-0.4, -0.2) is 53.4 Å². The first-order valence-electron chi connectivity index (χ1n) is 7.33. The molecule has 23 heavy (non-hydrogen) atoms. The summed E-state index contributed by atoms with van der Waals surface area (Å²) in [6.07, 6.45) is 1.40. The van der Waals surface area contributed by atoms with Crippen molar-refractivity contribution in [3.63, 3.8) is 0 Å². The molecule has 0 aliphatic carbocycles. The van der Waals surface area contributed by atoms with Gasteiger partial charge >= 0.3 is 7.12 Å². The minimum absolute atomic E-state index is 0.180. The first-order chi connectivity index (χ1) is 10.7. The van der Waals surface area contributed by atoms with E-state index in [4.69, 9.17) is 0 Å². The topological polar surface area (TPSA) is 89.9 Å². The molecule has 0 spiro atoms. The van der Waals surface area contributed by atoms with Crippen molar-refractivity contribution in [3.05, 3.63) is 47.5 Å². The molecule has 7 heteroatoms. The molecule has 1 atom stereocenters. The largest absolute Gasteiger partial charge is 0.475 e. The maximum absolute atomic E-state index is 12.0. The van der Waals surface area contributed by atoms with Crippen molar-refractivity contribution < 1.29 is 19.6 Å². The molecular formula is C16H23BN2O4. The lowest BCUT2D eigenvalue weighted by atomic mass is 9.75. The van der Waals surface area contributed by atoms with Gasteiger partial charge in [0.2, 0.25) is 11.8 Å². The number of hydrogen-bond donors (Lipinski definition) is 3. The Morgan fingerprint density at radius 2 is 2.04 bits per heavy atom. The zero-order chi connectivity index (χ0) is 17.6. The van der Waals surface area contributed by atoms with Crippen LogP contribution in [0, 0.1) is 13.8 Å². The molecule has 0 radical (unpaired) electrons. The van der Waals surface area contributed by atoms with E-state index in [1.807, 2.05) is 32.0 Å². The lowest BCUT2D eigenvalue weighted by Gasteiger charge is -2.21. The minimum Gasteiger partial charge on any atom is -0.426 e. The number of nitrogens with zero attached hydrogens (tertiary/aromatic N) is 1. The normalized spacial score (nSPS) is 11.5. The molecule has 0 saturated carbocycles. The highest BCUT2D eigenvalue weighted by atomic mass is 16.4. The van der Waals surface area contributed by atoms with E-state index in [0.29, 0.717) is 0 Å². The van der Waals surface area contributed by atoms with Crippen LogP contribution < -0.4 is 5.32 Å². The zero-order valence-corrected chi connectivity index (χ0v) is 13.7. The van der Waals surface area contributed by atoms with E-state index in [9.17, 15) is 19.6 Å². The number of aryl methyl sites for hydroxylation is 2. The van der Waals surface area contributed by atoms with Gasteiger partial charge in [-0.3, -0.25) is 9.59 Å². The van der Waals surface area contributed by atoms with Gasteiger partial charge < -0.3 is 20.3 Å². The molecule has 0 bridgehead atoms. The van der Waals surface area contributed by atoms with Crippen LogP contribution in [0.15, 0.2) is 30.9 Å². The van der Waals surface area contributed by atoms with Crippen molar-refractivity contribution in [2.24, 2.45) is 0 Å². The lowest BCUT2D eigenvalue weighted by molar-refractivity contribution is -0.131. The Morgan fingerprint density at radius 3 is 2.57 bits per heavy atom. The molecule has 1 aromatic carbocycles. The predicted octanol–water partition coefficient (Wildman–Crippen LogP) is -0.0129. The van der Waals surface area contributed by atoms with Gasteiger partial charge in [0.1, 0.15) is 0 Å². The number of likely N-dealkylation sites (N-methyl/N-ethyl adjacent to an activating group) is 1. The van der Waals surface area contributed by atoms with Crippen molar-refractivity contribution in [1.82, 2.24) is 10.2 Å². The van der Waals surface area contributed by atoms with E-state index in [0.717, 1.165) is 22.8 Å². The SMILES string of the molecule is C=CC(=O)N(C)CC(=O)N[C@@H](Cc1ccc(C)cc1C)B(O)O. The maximum Gasteiger partial charge on any atom is 0.475 e. The molecular weight excluding hydrogens is 295 g/mol. The summed E-state index contributed by atoms with van der Waals surface area (Å²) in [4.78, 5) is 24.5. The van der Waals surface area contributed by atoms with Crippen LogP contribution in [0.1, 0.15) is 16.7 Å². The van der Waals surface area contributed by atoms with Gasteiger partial charge in [0.05, 0.1) is 12.5 Å². The summed E-state index contributed by atoms with van der Waals surface area (Å²) in [5.41, 5.74) is 3.05. The number of rotatable bonds is 7. The van der Waals surface area contributed by atoms with Crippen molar-refractivity contribution in [2.75, 3.05) is 13.6 Å². The Labute approximate surface area is 137 Å². The number of carbonyl (C=O) groups excluding carboxylic acids is 2. The van der Waals surface area contributed by atoms with Crippen LogP contribution in [0.2, 0.25) is 0 Å². The molecule has 0 saturated heterocycles. The summed E-state index contributed by atoms with van der Waals surface area (Å²) in [7, 11) is -0.224. The predicted molar refractivity (Wildman–Crippen MR) is 89.6 cm³/mol. The molecule has 3 N–H and O–H groups in total. The van der Waals surface area contributed by atoms with E-state index >= 15 is 0 Å². The highest BCUT2D eigenvalue weighted by Gasteiger charge is 2.26. The van der Waals surface area contributed by atoms with Gasteiger partial charge in [-0.05, 0) is 37.5 Å². The van der Waals surface area contributed by atoms with Crippen molar-refractivity contribution in [3.8, 4) is 0 Å². The first kappa shape index (κ1) is 18.9. The van der Waals surface area contributed by atoms with Gasteiger partial charge in [0.15, 0.2) is 0 Å². The molecule has 2 amide bonds. The van der Waals surface area contributed by atoms with Crippen LogP contribution in [0.3, 0.4) is 0 Å². The number of amides is 2. The number of benzene rings is 1. The fraction of sp³-hybridized carbons (Fsp3) is 0.375. The second kappa shape index (κ2) is 8.50. The van der Waals surface area contributed by atoms with Gasteiger partial charge in [0.25, 0.3) is 0 Å². The van der Waals surface area contributed by atoms with E-state index in [1.165, 1.54) is 11.9 Å². The molecule has 0 unspecified atom stereocenters. The van der Waals surface area contributed by atoms with Gasteiger partial charge in [-0.1, -0.05) is 30.3 Å². The average molecular weight is 318 g/mol. The van der Waals surface area contributed by atoms with Gasteiger partial charge in [-0.15, -0.1) is 0 Å². The van der Waals surface area contributed by atoms with Gasteiger partial charge in [-0.2, -0.15) is 0 Å². The smallest absolute Gasteiger partial charge is 0.426 e. The second-order valence-corrected chi connectivity index (χ2v) is 5.62. The van der Waals surface area contributed by atoms with Crippen molar-refractivity contribution >= 4 is 18.9 Å². The first-order valence-corrected chi connectivity index (χ1v) is 7.33. The molecule has 124 valence electrons. The fourth-order valence-electron chi connectivity index (χ4n) is 2.24. The molecule has 0 heterocycles. The highest BCUT2D eigenvalue weighted by Crippen LogP contribution is 2.13. The summed E-state index contributed by atoms with van der Waals surface area (Å²) >= 11 is 0. The molecule has 0 aromatic heterocycles. The second-order valence-electron chi connectivity index (χ2n) is 5.62. The highest BCUT2D eigenvalue weighted by molar-refractivity contribution is 6.43. The molecule has 6 nitrogen and oxygen atoms in total. The molecule has 0 fully saturated rings. The van der Waals surface area contributed by atoms with E-state index < -0.39 is 19.0 Å². The molecule has 0 aliphatic heterocycles. The standard InChI is InChI=1S/C16H23BN2O4/c1-5-16(21)19(4)10-15(20)18-14(17(22)23)9-13-7-6-11(2)8-12(13)3/h5-8,14,22-23H,1,9-10H2,2-4H3,(H,18,20)/t14-/m0/s1. The number of hydrogen-bond acceptors (Lipinski definition) is 4.